The summed E-state index contributed by atoms with van der Waals surface area (Å²) in [4.78, 5) is 16.2. The first-order valence-corrected chi connectivity index (χ1v) is 5.30. The molecule has 1 heterocycles. The molecule has 0 fully saturated rings. The molecule has 0 bridgehead atoms. The quantitative estimate of drug-likeness (QED) is 0.524. The van der Waals surface area contributed by atoms with E-state index in [1.807, 2.05) is 0 Å². The second-order valence-corrected chi connectivity index (χ2v) is 4.21. The molecule has 0 saturated carbocycles. The van der Waals surface area contributed by atoms with E-state index in [0.717, 1.165) is 12.2 Å². The lowest BCUT2D eigenvalue weighted by molar-refractivity contribution is -0.415. The SMILES string of the molecule is CN(C)C=C(C1=NCCCS1)[N+](=O)[O-]. The third kappa shape index (κ3) is 3.02. The number of hydrogen-bond acceptors (Lipinski definition) is 5. The first-order valence-electron chi connectivity index (χ1n) is 4.31. The number of aliphatic imine (C=N–C) groups is 1. The topological polar surface area (TPSA) is 58.7 Å². The molecule has 0 atom stereocenters. The average molecular weight is 215 g/mol. The van der Waals surface area contributed by atoms with Crippen LogP contribution in [0.4, 0.5) is 0 Å². The first kappa shape index (κ1) is 11.0. The maximum Gasteiger partial charge on any atom is 0.316 e. The molecular weight excluding hydrogens is 202 g/mol. The van der Waals surface area contributed by atoms with E-state index in [4.69, 9.17) is 0 Å². The van der Waals surface area contributed by atoms with Crippen molar-refractivity contribution >= 4 is 16.8 Å². The minimum absolute atomic E-state index is 0.0969. The van der Waals surface area contributed by atoms with Crippen molar-refractivity contribution in [1.82, 2.24) is 4.90 Å². The van der Waals surface area contributed by atoms with Gasteiger partial charge >= 0.3 is 5.70 Å². The molecule has 5 nitrogen and oxygen atoms in total. The number of thioether (sulfide) groups is 1. The summed E-state index contributed by atoms with van der Waals surface area (Å²) in [5, 5.41) is 11.3. The number of rotatable bonds is 3. The van der Waals surface area contributed by atoms with E-state index < -0.39 is 0 Å². The number of hydrogen-bond donors (Lipinski definition) is 0. The highest BCUT2D eigenvalue weighted by Crippen LogP contribution is 2.19. The van der Waals surface area contributed by atoms with Gasteiger partial charge in [-0.3, -0.25) is 15.1 Å². The van der Waals surface area contributed by atoms with E-state index in [9.17, 15) is 10.1 Å². The lowest BCUT2D eigenvalue weighted by Crippen LogP contribution is -2.16. The minimum atomic E-state index is -0.378. The van der Waals surface area contributed by atoms with Gasteiger partial charge in [-0.2, -0.15) is 0 Å². The first-order chi connectivity index (χ1) is 6.61. The van der Waals surface area contributed by atoms with Crippen molar-refractivity contribution in [2.45, 2.75) is 6.42 Å². The zero-order valence-corrected chi connectivity index (χ0v) is 9.08. The van der Waals surface area contributed by atoms with Gasteiger partial charge in [0.25, 0.3) is 0 Å². The van der Waals surface area contributed by atoms with Gasteiger partial charge in [-0.05, 0) is 6.42 Å². The summed E-state index contributed by atoms with van der Waals surface area (Å²) in [5.74, 6) is 0.914. The van der Waals surface area contributed by atoms with Gasteiger partial charge < -0.3 is 4.90 Å². The van der Waals surface area contributed by atoms with E-state index in [1.165, 1.54) is 18.0 Å². The van der Waals surface area contributed by atoms with Gasteiger partial charge in [0.1, 0.15) is 0 Å². The summed E-state index contributed by atoms with van der Waals surface area (Å²) in [6.07, 6.45) is 2.50. The smallest absolute Gasteiger partial charge is 0.316 e. The van der Waals surface area contributed by atoms with Crippen LogP contribution in [0.15, 0.2) is 16.9 Å². The third-order valence-electron chi connectivity index (χ3n) is 1.59. The molecule has 0 spiro atoms. The summed E-state index contributed by atoms with van der Waals surface area (Å²) < 4.78 is 0. The molecule has 0 aromatic rings. The maximum absolute atomic E-state index is 10.8. The maximum atomic E-state index is 10.8. The van der Waals surface area contributed by atoms with Gasteiger partial charge in [0.05, 0.1) is 11.1 Å². The Hall–Kier alpha value is -1.04. The number of nitrogens with zero attached hydrogens (tertiary/aromatic N) is 3. The van der Waals surface area contributed by atoms with Crippen LogP contribution in [0.2, 0.25) is 0 Å². The molecule has 0 aromatic heterocycles. The summed E-state index contributed by atoms with van der Waals surface area (Å²) in [7, 11) is 3.52. The molecule has 78 valence electrons. The second kappa shape index (κ2) is 4.99. The monoisotopic (exact) mass is 215 g/mol. The Kier molecular flexibility index (Phi) is 3.94. The fourth-order valence-electron chi connectivity index (χ4n) is 1.04. The van der Waals surface area contributed by atoms with Gasteiger partial charge in [0, 0.05) is 26.4 Å². The average Bonchev–Trinajstić information content (AvgIpc) is 2.15. The van der Waals surface area contributed by atoms with Crippen LogP contribution < -0.4 is 0 Å². The molecule has 0 radical (unpaired) electrons. The minimum Gasteiger partial charge on any atom is -0.378 e. The largest absolute Gasteiger partial charge is 0.378 e. The molecule has 0 N–H and O–H groups in total. The molecule has 0 amide bonds. The molecular formula is C8H13N3O2S. The molecule has 0 unspecified atom stereocenters. The Balaban J connectivity index is 2.87. The number of nitro groups is 1. The van der Waals surface area contributed by atoms with Crippen LogP contribution in [0.5, 0.6) is 0 Å². The molecule has 14 heavy (non-hydrogen) atoms. The van der Waals surface area contributed by atoms with E-state index in [-0.39, 0.29) is 10.6 Å². The van der Waals surface area contributed by atoms with E-state index in [0.29, 0.717) is 11.6 Å². The van der Waals surface area contributed by atoms with E-state index in [2.05, 4.69) is 4.99 Å². The predicted octanol–water partition coefficient (Wildman–Crippen LogP) is 1.20. The lowest BCUT2D eigenvalue weighted by atomic mass is 10.4. The Morgan fingerprint density at radius 3 is 2.86 bits per heavy atom. The van der Waals surface area contributed by atoms with Crippen molar-refractivity contribution in [2.75, 3.05) is 26.4 Å². The van der Waals surface area contributed by atoms with Gasteiger partial charge in [-0.1, -0.05) is 11.8 Å². The van der Waals surface area contributed by atoms with E-state index >= 15 is 0 Å². The highest BCUT2D eigenvalue weighted by atomic mass is 32.2. The van der Waals surface area contributed by atoms with Crippen molar-refractivity contribution in [2.24, 2.45) is 4.99 Å². The summed E-state index contributed by atoms with van der Waals surface area (Å²) in [6.45, 7) is 0.695. The third-order valence-corrected chi connectivity index (χ3v) is 2.70. The second-order valence-electron chi connectivity index (χ2n) is 3.12. The Morgan fingerprint density at radius 1 is 1.71 bits per heavy atom. The van der Waals surface area contributed by atoms with Crippen molar-refractivity contribution in [3.05, 3.63) is 22.0 Å². The van der Waals surface area contributed by atoms with Crippen molar-refractivity contribution in [3.8, 4) is 0 Å². The highest BCUT2D eigenvalue weighted by molar-refractivity contribution is 8.14. The Labute approximate surface area is 87.0 Å². The van der Waals surface area contributed by atoms with Crippen molar-refractivity contribution in [1.29, 1.82) is 0 Å². The van der Waals surface area contributed by atoms with Gasteiger partial charge in [0.2, 0.25) is 0 Å². The molecule has 0 saturated heterocycles. The van der Waals surface area contributed by atoms with Crippen LogP contribution in [0.1, 0.15) is 6.42 Å². The van der Waals surface area contributed by atoms with Crippen LogP contribution >= 0.6 is 11.8 Å². The molecule has 1 rings (SSSR count). The van der Waals surface area contributed by atoms with Gasteiger partial charge in [0.15, 0.2) is 5.04 Å². The normalized spacial score (nSPS) is 17.6. The highest BCUT2D eigenvalue weighted by Gasteiger charge is 2.21. The van der Waals surface area contributed by atoms with Crippen molar-refractivity contribution < 1.29 is 4.92 Å². The zero-order chi connectivity index (χ0) is 10.6. The van der Waals surface area contributed by atoms with Crippen LogP contribution in [-0.4, -0.2) is 41.3 Å². The van der Waals surface area contributed by atoms with Crippen LogP contribution in [0, 0.1) is 10.1 Å². The summed E-state index contributed by atoms with van der Waals surface area (Å²) in [6, 6.07) is 0. The summed E-state index contributed by atoms with van der Waals surface area (Å²) in [5.41, 5.74) is 0.0969. The molecule has 1 aliphatic rings. The zero-order valence-electron chi connectivity index (χ0n) is 8.27. The standard InChI is InChI=1S/C8H13N3O2S/c1-10(2)6-7(11(12)13)8-9-4-3-5-14-8/h6H,3-5H2,1-2H3. The molecule has 0 aliphatic carbocycles. The van der Waals surface area contributed by atoms with Crippen molar-refractivity contribution in [3.63, 3.8) is 0 Å². The lowest BCUT2D eigenvalue weighted by Gasteiger charge is -2.10. The van der Waals surface area contributed by atoms with Gasteiger partial charge in [-0.15, -0.1) is 0 Å². The fraction of sp³-hybridized carbons (Fsp3) is 0.625. The van der Waals surface area contributed by atoms with Gasteiger partial charge in [-0.25, -0.2) is 0 Å². The Morgan fingerprint density at radius 2 is 2.43 bits per heavy atom. The Bertz CT molecular complexity index is 286. The van der Waals surface area contributed by atoms with Crippen LogP contribution in [0.3, 0.4) is 0 Å². The molecule has 0 aromatic carbocycles. The van der Waals surface area contributed by atoms with Crippen LogP contribution in [0.25, 0.3) is 0 Å². The molecule has 6 heteroatoms. The summed E-state index contributed by atoms with van der Waals surface area (Å²) >= 11 is 1.45. The van der Waals surface area contributed by atoms with Crippen LogP contribution in [-0.2, 0) is 0 Å². The fourth-order valence-corrected chi connectivity index (χ4v) is 1.96. The predicted molar refractivity (Wildman–Crippen MR) is 58.1 cm³/mol. The van der Waals surface area contributed by atoms with E-state index in [1.54, 1.807) is 19.0 Å². The molecule has 1 aliphatic heterocycles.